The minimum absolute atomic E-state index is 0.0319. The summed E-state index contributed by atoms with van der Waals surface area (Å²) < 4.78 is 5.52. The fourth-order valence-corrected chi connectivity index (χ4v) is 2.33. The Balaban J connectivity index is 2.11. The Bertz CT molecular complexity index is 612. The van der Waals surface area contributed by atoms with E-state index in [1.165, 1.54) is 12.1 Å². The molecule has 0 aliphatic heterocycles. The molecule has 0 atom stereocenters. The van der Waals surface area contributed by atoms with E-state index in [1.807, 2.05) is 30.3 Å². The number of ether oxygens (including phenoxy) is 1. The zero-order valence-corrected chi connectivity index (χ0v) is 12.0. The lowest BCUT2D eigenvalue weighted by atomic mass is 10.1. The number of halogens is 2. The van der Waals surface area contributed by atoms with Crippen LogP contribution in [-0.4, -0.2) is 17.7 Å². The van der Waals surface area contributed by atoms with Gasteiger partial charge in [-0.3, -0.25) is 0 Å². The number of rotatable bonds is 5. The number of carboxylic acid groups (broad SMARTS) is 1. The standard InChI is InChI=1S/C15H12Cl2O3/c16-11-8-12(15(18)19)14(13(17)9-11)20-7-6-10-4-2-1-3-5-10/h1-5,8-9H,6-7H2,(H,18,19). The van der Waals surface area contributed by atoms with Gasteiger partial charge in [0.2, 0.25) is 0 Å². The first-order valence-electron chi connectivity index (χ1n) is 5.97. The second-order valence-corrected chi connectivity index (χ2v) is 5.00. The highest BCUT2D eigenvalue weighted by Crippen LogP contribution is 2.32. The molecule has 2 aromatic rings. The summed E-state index contributed by atoms with van der Waals surface area (Å²) in [6, 6.07) is 12.6. The number of carbonyl (C=O) groups is 1. The van der Waals surface area contributed by atoms with E-state index in [0.717, 1.165) is 5.56 Å². The van der Waals surface area contributed by atoms with Crippen LogP contribution >= 0.6 is 23.2 Å². The van der Waals surface area contributed by atoms with Crippen LogP contribution in [0.15, 0.2) is 42.5 Å². The first kappa shape index (κ1) is 14.7. The summed E-state index contributed by atoms with van der Waals surface area (Å²) in [5, 5.41) is 9.60. The molecule has 0 fully saturated rings. The number of hydrogen-bond donors (Lipinski definition) is 1. The largest absolute Gasteiger partial charge is 0.491 e. The third-order valence-corrected chi connectivity index (χ3v) is 3.22. The van der Waals surface area contributed by atoms with Crippen molar-refractivity contribution in [2.45, 2.75) is 6.42 Å². The van der Waals surface area contributed by atoms with Crippen LogP contribution in [0.25, 0.3) is 0 Å². The predicted octanol–water partition coefficient (Wildman–Crippen LogP) is 4.31. The van der Waals surface area contributed by atoms with Gasteiger partial charge in [0.25, 0.3) is 0 Å². The molecule has 0 aromatic heterocycles. The van der Waals surface area contributed by atoms with Gasteiger partial charge in [-0.05, 0) is 17.7 Å². The summed E-state index contributed by atoms with van der Waals surface area (Å²) in [5.41, 5.74) is 1.07. The molecule has 0 bridgehead atoms. The number of carboxylic acids is 1. The number of benzene rings is 2. The Morgan fingerprint density at radius 1 is 1.15 bits per heavy atom. The van der Waals surface area contributed by atoms with Gasteiger partial charge in [0.15, 0.2) is 5.75 Å². The van der Waals surface area contributed by atoms with Gasteiger partial charge in [-0.25, -0.2) is 4.79 Å². The average Bonchev–Trinajstić information content (AvgIpc) is 2.41. The Hall–Kier alpha value is -1.71. The summed E-state index contributed by atoms with van der Waals surface area (Å²) in [6.45, 7) is 0.339. The molecule has 1 N–H and O–H groups in total. The molecule has 0 spiro atoms. The second-order valence-electron chi connectivity index (χ2n) is 4.15. The van der Waals surface area contributed by atoms with Crippen molar-refractivity contribution >= 4 is 29.2 Å². The fraction of sp³-hybridized carbons (Fsp3) is 0.133. The summed E-state index contributed by atoms with van der Waals surface area (Å²) in [7, 11) is 0. The lowest BCUT2D eigenvalue weighted by Crippen LogP contribution is -2.07. The van der Waals surface area contributed by atoms with Crippen LogP contribution in [0.1, 0.15) is 15.9 Å². The topological polar surface area (TPSA) is 46.5 Å². The number of hydrogen-bond acceptors (Lipinski definition) is 2. The van der Waals surface area contributed by atoms with Crippen molar-refractivity contribution in [3.63, 3.8) is 0 Å². The van der Waals surface area contributed by atoms with Crippen LogP contribution in [0.4, 0.5) is 0 Å². The molecule has 0 radical (unpaired) electrons. The fourth-order valence-electron chi connectivity index (χ4n) is 1.78. The van der Waals surface area contributed by atoms with Crippen LogP contribution in [0, 0.1) is 0 Å². The molecule has 5 heteroatoms. The molecule has 0 aliphatic rings. The van der Waals surface area contributed by atoms with Crippen molar-refractivity contribution in [1.82, 2.24) is 0 Å². The van der Waals surface area contributed by atoms with Crippen LogP contribution in [0.5, 0.6) is 5.75 Å². The SMILES string of the molecule is O=C(O)c1cc(Cl)cc(Cl)c1OCCc1ccccc1. The van der Waals surface area contributed by atoms with Gasteiger partial charge < -0.3 is 9.84 Å². The quantitative estimate of drug-likeness (QED) is 0.895. The maximum atomic E-state index is 11.2. The predicted molar refractivity (Wildman–Crippen MR) is 79.1 cm³/mol. The Labute approximate surface area is 126 Å². The van der Waals surface area contributed by atoms with E-state index in [2.05, 4.69) is 0 Å². The molecule has 20 heavy (non-hydrogen) atoms. The van der Waals surface area contributed by atoms with E-state index in [-0.39, 0.29) is 21.4 Å². The highest BCUT2D eigenvalue weighted by atomic mass is 35.5. The normalized spacial score (nSPS) is 10.3. The van der Waals surface area contributed by atoms with Crippen molar-refractivity contribution in [3.8, 4) is 5.75 Å². The van der Waals surface area contributed by atoms with Crippen molar-refractivity contribution in [1.29, 1.82) is 0 Å². The molecular weight excluding hydrogens is 299 g/mol. The number of aromatic carboxylic acids is 1. The van der Waals surface area contributed by atoms with Gasteiger partial charge in [-0.15, -0.1) is 0 Å². The maximum Gasteiger partial charge on any atom is 0.339 e. The van der Waals surface area contributed by atoms with Crippen LogP contribution in [0.3, 0.4) is 0 Å². The lowest BCUT2D eigenvalue weighted by Gasteiger charge is -2.11. The zero-order chi connectivity index (χ0) is 14.5. The maximum absolute atomic E-state index is 11.2. The molecule has 0 aliphatic carbocycles. The van der Waals surface area contributed by atoms with Gasteiger partial charge >= 0.3 is 5.97 Å². The lowest BCUT2D eigenvalue weighted by molar-refractivity contribution is 0.0692. The van der Waals surface area contributed by atoms with Crippen LogP contribution < -0.4 is 4.74 Å². The summed E-state index contributed by atoms with van der Waals surface area (Å²) in [6.07, 6.45) is 0.666. The summed E-state index contributed by atoms with van der Waals surface area (Å²) in [5.74, 6) is -0.969. The molecule has 0 saturated heterocycles. The third-order valence-electron chi connectivity index (χ3n) is 2.72. The molecule has 0 amide bonds. The van der Waals surface area contributed by atoms with Crippen LogP contribution in [0.2, 0.25) is 10.0 Å². The minimum atomic E-state index is -1.12. The smallest absolute Gasteiger partial charge is 0.339 e. The van der Waals surface area contributed by atoms with Gasteiger partial charge in [0.1, 0.15) is 5.56 Å². The molecule has 3 nitrogen and oxygen atoms in total. The monoisotopic (exact) mass is 310 g/mol. The van der Waals surface area contributed by atoms with Crippen molar-refractivity contribution in [3.05, 3.63) is 63.6 Å². The first-order valence-corrected chi connectivity index (χ1v) is 6.72. The molecule has 2 rings (SSSR count). The van der Waals surface area contributed by atoms with Gasteiger partial charge in [-0.1, -0.05) is 53.5 Å². The van der Waals surface area contributed by atoms with Crippen molar-refractivity contribution in [2.24, 2.45) is 0 Å². The molecule has 2 aromatic carbocycles. The second kappa shape index (κ2) is 6.64. The summed E-state index contributed by atoms with van der Waals surface area (Å²) in [4.78, 5) is 11.2. The average molecular weight is 311 g/mol. The zero-order valence-electron chi connectivity index (χ0n) is 10.5. The van der Waals surface area contributed by atoms with Gasteiger partial charge in [0, 0.05) is 11.4 Å². The van der Waals surface area contributed by atoms with E-state index in [0.29, 0.717) is 13.0 Å². The third kappa shape index (κ3) is 3.65. The van der Waals surface area contributed by atoms with Gasteiger partial charge in [0.05, 0.1) is 11.6 Å². The molecule has 0 saturated carbocycles. The first-order chi connectivity index (χ1) is 9.58. The Morgan fingerprint density at radius 3 is 2.50 bits per heavy atom. The van der Waals surface area contributed by atoms with E-state index in [9.17, 15) is 4.79 Å². The molecule has 104 valence electrons. The Kier molecular flexibility index (Phi) is 4.88. The van der Waals surface area contributed by atoms with E-state index in [4.69, 9.17) is 33.0 Å². The van der Waals surface area contributed by atoms with Crippen LogP contribution in [-0.2, 0) is 6.42 Å². The molecule has 0 heterocycles. The van der Waals surface area contributed by atoms with Gasteiger partial charge in [-0.2, -0.15) is 0 Å². The van der Waals surface area contributed by atoms with Crippen molar-refractivity contribution < 1.29 is 14.6 Å². The molecule has 0 unspecified atom stereocenters. The van der Waals surface area contributed by atoms with E-state index in [1.54, 1.807) is 0 Å². The van der Waals surface area contributed by atoms with Crippen molar-refractivity contribution in [2.75, 3.05) is 6.61 Å². The highest BCUT2D eigenvalue weighted by Gasteiger charge is 2.16. The summed E-state index contributed by atoms with van der Waals surface area (Å²) >= 11 is 11.8. The van der Waals surface area contributed by atoms with E-state index < -0.39 is 5.97 Å². The minimum Gasteiger partial charge on any atom is -0.491 e. The Morgan fingerprint density at radius 2 is 1.85 bits per heavy atom. The highest BCUT2D eigenvalue weighted by molar-refractivity contribution is 6.36. The van der Waals surface area contributed by atoms with E-state index >= 15 is 0 Å². The molecular formula is C15H12Cl2O3.